The molecule has 70 valence electrons. The Labute approximate surface area is 118 Å². The van der Waals surface area contributed by atoms with E-state index < -0.39 is 30.4 Å². The number of hydrogen-bond acceptors (Lipinski definition) is 3. The molecular weight excluding hydrogens is 205 g/mol. The van der Waals surface area contributed by atoms with Crippen molar-refractivity contribution in [2.75, 3.05) is 0 Å². The van der Waals surface area contributed by atoms with Gasteiger partial charge in [-0.2, -0.15) is 0 Å². The molecule has 7 nitrogen and oxygen atoms in total. The van der Waals surface area contributed by atoms with Crippen LogP contribution in [0.15, 0.2) is 4.99 Å². The fourth-order valence-corrected chi connectivity index (χ4v) is 0.534. The number of carboxylic acid groups (broad SMARTS) is 2. The summed E-state index contributed by atoms with van der Waals surface area (Å²) in [4.78, 5) is 23.6. The number of carboxylic acids is 2. The minimum Gasteiger partial charge on any atom is -1.00 e. The van der Waals surface area contributed by atoms with E-state index in [0.717, 1.165) is 0 Å². The number of rotatable bonds is 4. The third-order valence-corrected chi connectivity index (χ3v) is 0.958. The molecule has 0 aliphatic heterocycles. The average Bonchev–Trinajstić information content (AvgIpc) is 1.83. The van der Waals surface area contributed by atoms with E-state index in [0.29, 0.717) is 0 Å². The van der Waals surface area contributed by atoms with E-state index in [1.807, 2.05) is 0 Å². The minimum atomic E-state index is -1.41. The summed E-state index contributed by atoms with van der Waals surface area (Å²) in [6.45, 7) is 0. The summed E-state index contributed by atoms with van der Waals surface area (Å²) in [5.41, 5.74) is 9.76. The SMILES string of the molecule is NC(N)=NC(CC(=O)O)C(=O)O.[H-].[K+]. The first-order valence-electron chi connectivity index (χ1n) is 2.97. The van der Waals surface area contributed by atoms with Crippen molar-refractivity contribution in [2.45, 2.75) is 12.5 Å². The largest absolute Gasteiger partial charge is 1.00 e. The molecule has 0 bridgehead atoms. The summed E-state index contributed by atoms with van der Waals surface area (Å²) in [7, 11) is 0. The van der Waals surface area contributed by atoms with Gasteiger partial charge in [-0.3, -0.25) is 4.79 Å². The maximum absolute atomic E-state index is 10.3. The monoisotopic (exact) mass is 215 g/mol. The third kappa shape index (κ3) is 8.18. The second-order valence-corrected chi connectivity index (χ2v) is 2.01. The van der Waals surface area contributed by atoms with Crippen molar-refractivity contribution < 1.29 is 72.6 Å². The summed E-state index contributed by atoms with van der Waals surface area (Å²) < 4.78 is 0. The van der Waals surface area contributed by atoms with Crippen molar-refractivity contribution in [3.63, 3.8) is 0 Å². The molecule has 0 aromatic rings. The van der Waals surface area contributed by atoms with Gasteiger partial charge < -0.3 is 23.1 Å². The Bertz CT molecular complexity index is 231. The van der Waals surface area contributed by atoms with Gasteiger partial charge in [-0.05, 0) is 0 Å². The van der Waals surface area contributed by atoms with Crippen molar-refractivity contribution in [1.82, 2.24) is 0 Å². The second-order valence-electron chi connectivity index (χ2n) is 2.01. The molecule has 0 radical (unpaired) electrons. The summed E-state index contributed by atoms with van der Waals surface area (Å²) in [5, 5.41) is 16.6. The van der Waals surface area contributed by atoms with E-state index in [9.17, 15) is 9.59 Å². The van der Waals surface area contributed by atoms with Crippen LogP contribution >= 0.6 is 0 Å². The maximum atomic E-state index is 10.3. The van der Waals surface area contributed by atoms with Gasteiger partial charge in [-0.1, -0.05) is 0 Å². The molecular formula is C5H10KN3O4. The van der Waals surface area contributed by atoms with Crippen LogP contribution in [0, 0.1) is 0 Å². The van der Waals surface area contributed by atoms with E-state index in [1.165, 1.54) is 0 Å². The third-order valence-electron chi connectivity index (χ3n) is 0.958. The van der Waals surface area contributed by atoms with Crippen molar-refractivity contribution in [3.05, 3.63) is 0 Å². The fraction of sp³-hybridized carbons (Fsp3) is 0.400. The van der Waals surface area contributed by atoms with Crippen LogP contribution in [0.25, 0.3) is 0 Å². The smallest absolute Gasteiger partial charge is 1.00 e. The molecule has 0 saturated carbocycles. The normalized spacial score (nSPS) is 10.8. The van der Waals surface area contributed by atoms with Gasteiger partial charge in [0.25, 0.3) is 0 Å². The predicted molar refractivity (Wildman–Crippen MR) is 40.6 cm³/mol. The molecule has 6 N–H and O–H groups in total. The molecule has 0 rings (SSSR count). The van der Waals surface area contributed by atoms with Crippen LogP contribution in [-0.2, 0) is 9.59 Å². The Morgan fingerprint density at radius 3 is 2.08 bits per heavy atom. The standard InChI is InChI=1S/C5H9N3O4.K.H/c6-5(7)8-2(4(11)12)1-3(9)10;;/h2H,1H2,(H,9,10)(H,11,12)(H4,6,7,8);;/q;+1;-1. The number of nitrogens with zero attached hydrogens (tertiary/aromatic N) is 1. The van der Waals surface area contributed by atoms with E-state index in [4.69, 9.17) is 21.7 Å². The van der Waals surface area contributed by atoms with Crippen LogP contribution in [0.1, 0.15) is 7.85 Å². The van der Waals surface area contributed by atoms with Gasteiger partial charge in [0, 0.05) is 0 Å². The Morgan fingerprint density at radius 1 is 1.38 bits per heavy atom. The molecule has 0 fully saturated rings. The topological polar surface area (TPSA) is 139 Å². The summed E-state index contributed by atoms with van der Waals surface area (Å²) >= 11 is 0. The van der Waals surface area contributed by atoms with E-state index in [1.54, 1.807) is 0 Å². The van der Waals surface area contributed by atoms with Crippen LogP contribution in [0.5, 0.6) is 0 Å². The average molecular weight is 215 g/mol. The molecule has 0 saturated heterocycles. The Balaban J connectivity index is -0.000000605. The van der Waals surface area contributed by atoms with Crippen LogP contribution in [0.4, 0.5) is 0 Å². The molecule has 1 atom stereocenters. The van der Waals surface area contributed by atoms with Crippen LogP contribution in [0.3, 0.4) is 0 Å². The van der Waals surface area contributed by atoms with E-state index in [2.05, 4.69) is 4.99 Å². The number of aliphatic imine (C=N–C) groups is 1. The van der Waals surface area contributed by atoms with Crippen LogP contribution < -0.4 is 62.9 Å². The molecule has 0 aliphatic carbocycles. The number of nitrogens with two attached hydrogens (primary N) is 2. The van der Waals surface area contributed by atoms with Gasteiger partial charge in [-0.15, -0.1) is 0 Å². The number of hydrogen-bond donors (Lipinski definition) is 4. The summed E-state index contributed by atoms with van der Waals surface area (Å²) in [5.74, 6) is -3.08. The summed E-state index contributed by atoms with van der Waals surface area (Å²) in [6, 6.07) is -1.41. The molecule has 1 unspecified atom stereocenters. The van der Waals surface area contributed by atoms with Crippen molar-refractivity contribution in [3.8, 4) is 0 Å². The first-order chi connectivity index (χ1) is 5.43. The molecule has 0 spiro atoms. The maximum Gasteiger partial charge on any atom is 1.00 e. The number of aliphatic carboxylic acids is 2. The molecule has 8 heteroatoms. The fourth-order valence-electron chi connectivity index (χ4n) is 0.534. The van der Waals surface area contributed by atoms with Crippen molar-refractivity contribution in [1.29, 1.82) is 0 Å². The van der Waals surface area contributed by atoms with Gasteiger partial charge in [0.15, 0.2) is 12.0 Å². The minimum absolute atomic E-state index is 0. The van der Waals surface area contributed by atoms with Gasteiger partial charge in [-0.25, -0.2) is 9.79 Å². The molecule has 0 heterocycles. The van der Waals surface area contributed by atoms with Gasteiger partial charge in [0.05, 0.1) is 6.42 Å². The second kappa shape index (κ2) is 7.27. The van der Waals surface area contributed by atoms with E-state index >= 15 is 0 Å². The zero-order valence-electron chi connectivity index (χ0n) is 8.10. The van der Waals surface area contributed by atoms with Gasteiger partial charge in [0.2, 0.25) is 0 Å². The summed E-state index contributed by atoms with van der Waals surface area (Å²) in [6.07, 6.45) is -0.632. The molecule has 0 aromatic carbocycles. The quantitative estimate of drug-likeness (QED) is 0.211. The van der Waals surface area contributed by atoms with E-state index in [-0.39, 0.29) is 52.8 Å². The molecule has 0 aliphatic rings. The molecule has 0 aromatic heterocycles. The Hall–Kier alpha value is -0.154. The Kier molecular flexibility index (Phi) is 8.57. The van der Waals surface area contributed by atoms with Crippen LogP contribution in [0.2, 0.25) is 0 Å². The van der Waals surface area contributed by atoms with Gasteiger partial charge in [0.1, 0.15) is 0 Å². The zero-order valence-corrected chi connectivity index (χ0v) is 10.2. The molecule has 13 heavy (non-hydrogen) atoms. The first-order valence-corrected chi connectivity index (χ1v) is 2.97. The van der Waals surface area contributed by atoms with Crippen molar-refractivity contribution >= 4 is 17.9 Å². The van der Waals surface area contributed by atoms with Gasteiger partial charge >= 0.3 is 63.3 Å². The van der Waals surface area contributed by atoms with Crippen LogP contribution in [-0.4, -0.2) is 34.2 Å². The van der Waals surface area contributed by atoms with Crippen molar-refractivity contribution in [2.24, 2.45) is 16.5 Å². The molecule has 0 amide bonds. The number of guanidine groups is 1. The zero-order chi connectivity index (χ0) is 9.72. The Morgan fingerprint density at radius 2 is 1.85 bits per heavy atom. The first kappa shape index (κ1) is 15.3. The predicted octanol–water partition coefficient (Wildman–Crippen LogP) is -4.70. The number of carbonyl (C=O) groups is 2.